The SMILES string of the molecule is CC1(C)OB(C(=Cc2ncc(Br)cn2)CNC(=O)OCc2ccccc2)OC1(C)C. The topological polar surface area (TPSA) is 82.6 Å². The van der Waals surface area contributed by atoms with Gasteiger partial charge in [-0.2, -0.15) is 0 Å². The molecule has 0 radical (unpaired) electrons. The Balaban J connectivity index is 1.70. The summed E-state index contributed by atoms with van der Waals surface area (Å²) in [6.45, 7) is 8.26. The van der Waals surface area contributed by atoms with Crippen molar-refractivity contribution in [1.82, 2.24) is 15.3 Å². The van der Waals surface area contributed by atoms with Crippen LogP contribution >= 0.6 is 15.9 Å². The third-order valence-corrected chi connectivity index (χ3v) is 5.57. The van der Waals surface area contributed by atoms with Crippen molar-refractivity contribution in [1.29, 1.82) is 0 Å². The molecule has 1 N–H and O–H groups in total. The van der Waals surface area contributed by atoms with Crippen molar-refractivity contribution >= 4 is 35.2 Å². The monoisotopic (exact) mass is 473 g/mol. The maximum absolute atomic E-state index is 12.2. The fourth-order valence-corrected chi connectivity index (χ4v) is 2.91. The molecule has 0 unspecified atom stereocenters. The van der Waals surface area contributed by atoms with Gasteiger partial charge in [-0.15, -0.1) is 0 Å². The number of carbonyl (C=O) groups is 1. The summed E-state index contributed by atoms with van der Waals surface area (Å²) in [5.74, 6) is 0.488. The van der Waals surface area contributed by atoms with Crippen LogP contribution in [-0.4, -0.2) is 40.9 Å². The van der Waals surface area contributed by atoms with E-state index in [2.05, 4.69) is 31.2 Å². The van der Waals surface area contributed by atoms with Crippen molar-refractivity contribution < 1.29 is 18.8 Å². The molecule has 1 saturated heterocycles. The number of rotatable bonds is 6. The Labute approximate surface area is 185 Å². The van der Waals surface area contributed by atoms with Crippen LogP contribution in [-0.2, 0) is 20.7 Å². The second-order valence-corrected chi connectivity index (χ2v) is 8.90. The van der Waals surface area contributed by atoms with Crippen molar-refractivity contribution in [2.75, 3.05) is 6.54 Å². The van der Waals surface area contributed by atoms with E-state index in [4.69, 9.17) is 14.0 Å². The lowest BCUT2D eigenvalue weighted by Gasteiger charge is -2.32. The molecule has 1 fully saturated rings. The molecule has 0 saturated carbocycles. The second kappa shape index (κ2) is 9.28. The molecule has 9 heteroatoms. The normalized spacial score (nSPS) is 17.6. The van der Waals surface area contributed by atoms with Crippen molar-refractivity contribution in [3.05, 3.63) is 64.1 Å². The van der Waals surface area contributed by atoms with Gasteiger partial charge in [-0.05, 0) is 60.7 Å². The van der Waals surface area contributed by atoms with E-state index in [1.807, 2.05) is 58.0 Å². The van der Waals surface area contributed by atoms with Crippen molar-refractivity contribution in [3.8, 4) is 0 Å². The summed E-state index contributed by atoms with van der Waals surface area (Å²) >= 11 is 3.33. The second-order valence-electron chi connectivity index (χ2n) is 7.98. The quantitative estimate of drug-likeness (QED) is 0.633. The van der Waals surface area contributed by atoms with Crippen LogP contribution in [0.3, 0.4) is 0 Å². The maximum Gasteiger partial charge on any atom is 0.492 e. The lowest BCUT2D eigenvalue weighted by Crippen LogP contribution is -2.41. The van der Waals surface area contributed by atoms with Crippen LogP contribution < -0.4 is 5.32 Å². The Kier molecular flexibility index (Phi) is 6.95. The number of nitrogens with one attached hydrogen (secondary N) is 1. The Bertz CT molecular complexity index is 888. The van der Waals surface area contributed by atoms with Gasteiger partial charge in [-0.3, -0.25) is 0 Å². The summed E-state index contributed by atoms with van der Waals surface area (Å²) in [5, 5.41) is 2.76. The van der Waals surface area contributed by atoms with Gasteiger partial charge >= 0.3 is 13.2 Å². The molecule has 1 aliphatic heterocycles. The summed E-state index contributed by atoms with van der Waals surface area (Å²) in [6, 6.07) is 9.50. The highest BCUT2D eigenvalue weighted by molar-refractivity contribution is 9.10. The molecule has 1 amide bonds. The van der Waals surface area contributed by atoms with E-state index in [-0.39, 0.29) is 13.2 Å². The molecule has 2 heterocycles. The number of alkyl carbamates (subject to hydrolysis) is 1. The zero-order chi connectivity index (χ0) is 21.8. The minimum atomic E-state index is -0.642. The molecule has 2 aromatic rings. The lowest BCUT2D eigenvalue weighted by atomic mass is 9.77. The average molecular weight is 474 g/mol. The molecule has 1 aromatic heterocycles. The molecule has 1 aliphatic rings. The number of hydrogen-bond donors (Lipinski definition) is 1. The Hall–Kier alpha value is -2.23. The number of hydrogen-bond acceptors (Lipinski definition) is 6. The summed E-state index contributed by atoms with van der Waals surface area (Å²) in [7, 11) is -0.642. The first-order valence-corrected chi connectivity index (χ1v) is 10.4. The molecule has 1 aromatic carbocycles. The predicted octanol–water partition coefficient (Wildman–Crippen LogP) is 4.18. The van der Waals surface area contributed by atoms with E-state index in [9.17, 15) is 4.79 Å². The van der Waals surface area contributed by atoms with Crippen molar-refractivity contribution in [2.24, 2.45) is 0 Å². The van der Waals surface area contributed by atoms with Gasteiger partial charge in [0.05, 0.1) is 15.7 Å². The van der Waals surface area contributed by atoms with Crippen LogP contribution in [0.4, 0.5) is 4.79 Å². The van der Waals surface area contributed by atoms with E-state index in [0.29, 0.717) is 11.3 Å². The third kappa shape index (κ3) is 5.68. The molecular weight excluding hydrogens is 449 g/mol. The van der Waals surface area contributed by atoms with Crippen LogP contribution in [0.1, 0.15) is 39.1 Å². The fraction of sp³-hybridized carbons (Fsp3) is 0.381. The van der Waals surface area contributed by atoms with Gasteiger partial charge in [-0.25, -0.2) is 14.8 Å². The highest BCUT2D eigenvalue weighted by atomic mass is 79.9. The first-order chi connectivity index (χ1) is 14.2. The molecule has 7 nitrogen and oxygen atoms in total. The van der Waals surface area contributed by atoms with Crippen LogP contribution in [0.25, 0.3) is 6.08 Å². The molecule has 3 rings (SSSR count). The molecule has 0 atom stereocenters. The highest BCUT2D eigenvalue weighted by Gasteiger charge is 2.52. The van der Waals surface area contributed by atoms with E-state index < -0.39 is 24.4 Å². The Morgan fingerprint density at radius 1 is 1.13 bits per heavy atom. The van der Waals surface area contributed by atoms with Gasteiger partial charge in [0.25, 0.3) is 0 Å². The molecule has 158 valence electrons. The van der Waals surface area contributed by atoms with Gasteiger partial charge in [0.1, 0.15) is 6.61 Å². The van der Waals surface area contributed by atoms with Gasteiger partial charge in [0, 0.05) is 18.9 Å². The zero-order valence-corrected chi connectivity index (χ0v) is 19.1. The van der Waals surface area contributed by atoms with Gasteiger partial charge in [-0.1, -0.05) is 30.3 Å². The van der Waals surface area contributed by atoms with E-state index in [0.717, 1.165) is 10.0 Å². The Morgan fingerprint density at radius 2 is 1.73 bits per heavy atom. The molecule has 30 heavy (non-hydrogen) atoms. The number of carbonyl (C=O) groups excluding carboxylic acids is 1. The summed E-state index contributed by atoms with van der Waals surface area (Å²) in [5.41, 5.74) is 0.585. The minimum absolute atomic E-state index is 0.171. The minimum Gasteiger partial charge on any atom is -0.445 e. The van der Waals surface area contributed by atoms with Gasteiger partial charge < -0.3 is 19.4 Å². The van der Waals surface area contributed by atoms with Gasteiger partial charge in [0.15, 0.2) is 5.82 Å². The zero-order valence-electron chi connectivity index (χ0n) is 17.5. The number of nitrogens with zero attached hydrogens (tertiary/aromatic N) is 2. The lowest BCUT2D eigenvalue weighted by molar-refractivity contribution is 0.00578. The van der Waals surface area contributed by atoms with E-state index >= 15 is 0 Å². The van der Waals surface area contributed by atoms with Crippen LogP contribution in [0, 0.1) is 0 Å². The number of aromatic nitrogens is 2. The van der Waals surface area contributed by atoms with Gasteiger partial charge in [0.2, 0.25) is 0 Å². The van der Waals surface area contributed by atoms with Crippen LogP contribution in [0.5, 0.6) is 0 Å². The molecule has 0 bridgehead atoms. The Morgan fingerprint density at radius 3 is 2.33 bits per heavy atom. The maximum atomic E-state index is 12.2. The predicted molar refractivity (Wildman–Crippen MR) is 118 cm³/mol. The third-order valence-electron chi connectivity index (χ3n) is 5.16. The van der Waals surface area contributed by atoms with E-state index in [1.165, 1.54) is 0 Å². The van der Waals surface area contributed by atoms with Crippen LogP contribution in [0.15, 0.2) is 52.7 Å². The largest absolute Gasteiger partial charge is 0.492 e. The molecule has 0 spiro atoms. The fourth-order valence-electron chi connectivity index (χ4n) is 2.71. The number of benzene rings is 1. The average Bonchev–Trinajstić information content (AvgIpc) is 2.93. The number of halogens is 1. The summed E-state index contributed by atoms with van der Waals surface area (Å²) < 4.78 is 18.3. The summed E-state index contributed by atoms with van der Waals surface area (Å²) in [6.07, 6.45) is 4.54. The van der Waals surface area contributed by atoms with Crippen molar-refractivity contribution in [2.45, 2.75) is 45.5 Å². The van der Waals surface area contributed by atoms with E-state index in [1.54, 1.807) is 18.5 Å². The first kappa shape index (κ1) is 22.5. The highest BCUT2D eigenvalue weighted by Crippen LogP contribution is 2.38. The number of ether oxygens (including phenoxy) is 1. The number of amides is 1. The van der Waals surface area contributed by atoms with Crippen molar-refractivity contribution in [3.63, 3.8) is 0 Å². The van der Waals surface area contributed by atoms with Crippen LogP contribution in [0.2, 0.25) is 0 Å². The molecular formula is C21H25BBrN3O4. The molecule has 0 aliphatic carbocycles. The standard InChI is InChI=1S/C21H25BBrN3O4/c1-20(2)21(3,4)30-22(29-20)16(10-18-24-12-17(23)13-25-18)11-26-19(27)28-14-15-8-6-5-7-9-15/h5-10,12-13H,11,14H2,1-4H3,(H,26,27). The smallest absolute Gasteiger partial charge is 0.445 e. The summed E-state index contributed by atoms with van der Waals surface area (Å²) in [4.78, 5) is 20.8. The first-order valence-electron chi connectivity index (χ1n) is 9.64.